The van der Waals surface area contributed by atoms with Gasteiger partial charge in [0.15, 0.2) is 0 Å². The summed E-state index contributed by atoms with van der Waals surface area (Å²) in [7, 11) is 0. The molecule has 2 fully saturated rings. The second kappa shape index (κ2) is 7.57. The lowest BCUT2D eigenvalue weighted by atomic mass is 10.2. The first-order valence-electron chi connectivity index (χ1n) is 8.20. The van der Waals surface area contributed by atoms with Crippen molar-refractivity contribution < 1.29 is 14.3 Å². The zero-order valence-corrected chi connectivity index (χ0v) is 13.2. The van der Waals surface area contributed by atoms with Gasteiger partial charge in [-0.05, 0) is 18.6 Å². The van der Waals surface area contributed by atoms with Gasteiger partial charge >= 0.3 is 0 Å². The molecule has 1 unspecified atom stereocenters. The number of hydrogen-bond donors (Lipinski definition) is 1. The number of hydrogen-bond acceptors (Lipinski definition) is 4. The predicted octanol–water partition coefficient (Wildman–Crippen LogP) is 0.630. The summed E-state index contributed by atoms with van der Waals surface area (Å²) in [5.41, 5.74) is 0.795. The standard InChI is InChI=1S/C17H23N3O3/c21-16-7-6-15(20(16)14-4-2-1-3-5-14)17(22)18-8-9-19-10-12-23-13-11-19/h1-5,15H,6-13H2,(H,18,22). The minimum absolute atomic E-state index is 0.0181. The number of carbonyl (C=O) groups excluding carboxylic acids is 2. The van der Waals surface area contributed by atoms with Gasteiger partial charge in [0.05, 0.1) is 13.2 Å². The number of benzene rings is 1. The molecule has 124 valence electrons. The normalized spacial score (nSPS) is 22.3. The smallest absolute Gasteiger partial charge is 0.243 e. The van der Waals surface area contributed by atoms with E-state index in [1.54, 1.807) is 4.90 Å². The van der Waals surface area contributed by atoms with Gasteiger partial charge in [-0.25, -0.2) is 0 Å². The van der Waals surface area contributed by atoms with Crippen molar-refractivity contribution in [1.29, 1.82) is 0 Å². The van der Waals surface area contributed by atoms with Crippen molar-refractivity contribution in [3.05, 3.63) is 30.3 Å². The summed E-state index contributed by atoms with van der Waals surface area (Å²) in [6, 6.07) is 9.02. The Bertz CT molecular complexity index is 543. The summed E-state index contributed by atoms with van der Waals surface area (Å²) in [5.74, 6) is -0.0440. The van der Waals surface area contributed by atoms with Gasteiger partial charge in [-0.15, -0.1) is 0 Å². The number of anilines is 1. The molecule has 1 N–H and O–H groups in total. The number of ether oxygens (including phenoxy) is 1. The van der Waals surface area contributed by atoms with Crippen LogP contribution >= 0.6 is 0 Å². The highest BCUT2D eigenvalue weighted by Crippen LogP contribution is 2.26. The lowest BCUT2D eigenvalue weighted by Crippen LogP contribution is -2.47. The molecular weight excluding hydrogens is 294 g/mol. The molecule has 0 aliphatic carbocycles. The Morgan fingerprint density at radius 2 is 1.96 bits per heavy atom. The molecule has 2 aliphatic rings. The summed E-state index contributed by atoms with van der Waals surface area (Å²) in [6.07, 6.45) is 1.01. The number of rotatable bonds is 5. The Kier molecular flexibility index (Phi) is 5.25. The Balaban J connectivity index is 1.54. The van der Waals surface area contributed by atoms with Crippen LogP contribution in [0.3, 0.4) is 0 Å². The topological polar surface area (TPSA) is 61.9 Å². The molecule has 0 aromatic heterocycles. The first-order chi connectivity index (χ1) is 11.3. The zero-order chi connectivity index (χ0) is 16.1. The van der Waals surface area contributed by atoms with Crippen LogP contribution in [0, 0.1) is 0 Å². The Labute approximate surface area is 136 Å². The van der Waals surface area contributed by atoms with E-state index in [9.17, 15) is 9.59 Å². The molecule has 6 nitrogen and oxygen atoms in total. The van der Waals surface area contributed by atoms with Crippen molar-refractivity contribution in [3.63, 3.8) is 0 Å². The number of nitrogens with one attached hydrogen (secondary N) is 1. The molecule has 0 radical (unpaired) electrons. The maximum atomic E-state index is 12.5. The van der Waals surface area contributed by atoms with Crippen LogP contribution in [0.1, 0.15) is 12.8 Å². The van der Waals surface area contributed by atoms with Crippen LogP contribution in [0.15, 0.2) is 30.3 Å². The lowest BCUT2D eigenvalue weighted by molar-refractivity contribution is -0.124. The van der Waals surface area contributed by atoms with Gasteiger partial charge in [0, 0.05) is 38.3 Å². The fourth-order valence-electron chi connectivity index (χ4n) is 3.12. The van der Waals surface area contributed by atoms with Crippen molar-refractivity contribution in [2.75, 3.05) is 44.3 Å². The number of carbonyl (C=O) groups is 2. The van der Waals surface area contributed by atoms with Crippen molar-refractivity contribution in [3.8, 4) is 0 Å². The molecule has 2 saturated heterocycles. The Hall–Kier alpha value is -1.92. The zero-order valence-electron chi connectivity index (χ0n) is 13.2. The second-order valence-corrected chi connectivity index (χ2v) is 5.90. The van der Waals surface area contributed by atoms with Crippen molar-refractivity contribution in [2.24, 2.45) is 0 Å². The van der Waals surface area contributed by atoms with Crippen LogP contribution in [0.2, 0.25) is 0 Å². The van der Waals surface area contributed by atoms with Crippen molar-refractivity contribution >= 4 is 17.5 Å². The van der Waals surface area contributed by atoms with Gasteiger partial charge in [0.2, 0.25) is 11.8 Å². The van der Waals surface area contributed by atoms with E-state index >= 15 is 0 Å². The number of para-hydroxylation sites is 1. The minimum Gasteiger partial charge on any atom is -0.379 e. The first-order valence-corrected chi connectivity index (χ1v) is 8.20. The molecule has 0 saturated carbocycles. The number of morpholine rings is 1. The van der Waals surface area contributed by atoms with E-state index in [0.717, 1.165) is 38.5 Å². The van der Waals surface area contributed by atoms with E-state index in [-0.39, 0.29) is 11.8 Å². The third kappa shape index (κ3) is 3.89. The van der Waals surface area contributed by atoms with Crippen LogP contribution in [-0.2, 0) is 14.3 Å². The molecule has 0 bridgehead atoms. The second-order valence-electron chi connectivity index (χ2n) is 5.90. The Morgan fingerprint density at radius 1 is 1.22 bits per heavy atom. The van der Waals surface area contributed by atoms with Crippen LogP contribution in [0.4, 0.5) is 5.69 Å². The molecule has 1 aromatic rings. The van der Waals surface area contributed by atoms with E-state index in [0.29, 0.717) is 19.4 Å². The average molecular weight is 317 g/mol. The van der Waals surface area contributed by atoms with Crippen LogP contribution in [-0.4, -0.2) is 62.1 Å². The quantitative estimate of drug-likeness (QED) is 0.865. The maximum Gasteiger partial charge on any atom is 0.243 e. The predicted molar refractivity (Wildman–Crippen MR) is 87.2 cm³/mol. The van der Waals surface area contributed by atoms with E-state index < -0.39 is 6.04 Å². The molecule has 2 aliphatic heterocycles. The van der Waals surface area contributed by atoms with Gasteiger partial charge in [-0.2, -0.15) is 0 Å². The largest absolute Gasteiger partial charge is 0.379 e. The third-order valence-corrected chi connectivity index (χ3v) is 4.38. The van der Waals surface area contributed by atoms with Gasteiger partial charge in [0.1, 0.15) is 6.04 Å². The fourth-order valence-corrected chi connectivity index (χ4v) is 3.12. The molecular formula is C17H23N3O3. The van der Waals surface area contributed by atoms with Crippen molar-refractivity contribution in [2.45, 2.75) is 18.9 Å². The van der Waals surface area contributed by atoms with Crippen molar-refractivity contribution in [1.82, 2.24) is 10.2 Å². The van der Waals surface area contributed by atoms with Crippen LogP contribution in [0.5, 0.6) is 0 Å². The highest BCUT2D eigenvalue weighted by Gasteiger charge is 2.36. The minimum atomic E-state index is -0.394. The van der Waals surface area contributed by atoms with E-state index in [1.807, 2.05) is 30.3 Å². The van der Waals surface area contributed by atoms with Gasteiger partial charge in [0.25, 0.3) is 0 Å². The lowest BCUT2D eigenvalue weighted by Gasteiger charge is -2.27. The summed E-state index contributed by atoms with van der Waals surface area (Å²) >= 11 is 0. The molecule has 2 amide bonds. The monoisotopic (exact) mass is 317 g/mol. The van der Waals surface area contributed by atoms with Gasteiger partial charge < -0.3 is 10.1 Å². The van der Waals surface area contributed by atoms with Crippen LogP contribution < -0.4 is 10.2 Å². The first kappa shape index (κ1) is 16.0. The van der Waals surface area contributed by atoms with Crippen LogP contribution in [0.25, 0.3) is 0 Å². The summed E-state index contributed by atoms with van der Waals surface area (Å²) < 4.78 is 5.31. The molecule has 1 aromatic carbocycles. The Morgan fingerprint density at radius 3 is 2.70 bits per heavy atom. The average Bonchev–Trinajstić information content (AvgIpc) is 2.98. The highest BCUT2D eigenvalue weighted by atomic mass is 16.5. The fraction of sp³-hybridized carbons (Fsp3) is 0.529. The number of nitrogens with zero attached hydrogens (tertiary/aromatic N) is 2. The van der Waals surface area contributed by atoms with E-state index in [2.05, 4.69) is 10.2 Å². The summed E-state index contributed by atoms with van der Waals surface area (Å²) in [5, 5.41) is 2.98. The van der Waals surface area contributed by atoms with E-state index in [1.165, 1.54) is 0 Å². The number of amides is 2. The molecule has 3 rings (SSSR count). The summed E-state index contributed by atoms with van der Waals surface area (Å²) in [4.78, 5) is 28.5. The van der Waals surface area contributed by atoms with Gasteiger partial charge in [-0.1, -0.05) is 18.2 Å². The molecule has 2 heterocycles. The highest BCUT2D eigenvalue weighted by molar-refractivity contribution is 6.03. The third-order valence-electron chi connectivity index (χ3n) is 4.38. The van der Waals surface area contributed by atoms with Gasteiger partial charge in [-0.3, -0.25) is 19.4 Å². The molecule has 23 heavy (non-hydrogen) atoms. The maximum absolute atomic E-state index is 12.5. The van der Waals surface area contributed by atoms with E-state index in [4.69, 9.17) is 4.74 Å². The SMILES string of the molecule is O=C(NCCN1CCOCC1)C1CCC(=O)N1c1ccccc1. The molecule has 6 heteroatoms. The summed E-state index contributed by atoms with van der Waals surface area (Å²) in [6.45, 7) is 4.76. The molecule has 1 atom stereocenters. The molecule has 0 spiro atoms.